The highest BCUT2D eigenvalue weighted by atomic mass is 16.5. The second-order valence-electron chi connectivity index (χ2n) is 5.18. The molecule has 0 saturated heterocycles. The molecule has 0 aliphatic carbocycles. The summed E-state index contributed by atoms with van der Waals surface area (Å²) in [5, 5.41) is 2.94. The third kappa shape index (κ3) is 1.74. The Hall–Kier alpha value is -2.15. The molecule has 0 saturated carbocycles. The average molecular weight is 276 g/mol. The highest BCUT2D eigenvalue weighted by Crippen LogP contribution is 2.21. The fourth-order valence-corrected chi connectivity index (χ4v) is 2.45. The van der Waals surface area contributed by atoms with Gasteiger partial charge in [0.15, 0.2) is 5.65 Å². The molecule has 1 N–H and O–H groups in total. The summed E-state index contributed by atoms with van der Waals surface area (Å²) in [6.45, 7) is 4.52. The van der Waals surface area contributed by atoms with Crippen molar-refractivity contribution in [1.82, 2.24) is 19.5 Å². The summed E-state index contributed by atoms with van der Waals surface area (Å²) in [6, 6.07) is 1.76. The first-order valence-corrected chi connectivity index (χ1v) is 6.46. The molecule has 7 heteroatoms. The first-order chi connectivity index (χ1) is 9.52. The minimum atomic E-state index is -0.219. The van der Waals surface area contributed by atoms with Crippen LogP contribution in [0.3, 0.4) is 0 Å². The van der Waals surface area contributed by atoms with E-state index in [1.54, 1.807) is 18.1 Å². The number of aromatic nitrogens is 3. The van der Waals surface area contributed by atoms with Crippen LogP contribution in [0, 0.1) is 0 Å². The number of carbonyl (C=O) groups is 1. The molecule has 0 aromatic carbocycles. The van der Waals surface area contributed by atoms with Gasteiger partial charge in [-0.2, -0.15) is 0 Å². The fourth-order valence-electron chi connectivity index (χ4n) is 2.45. The molecule has 2 aromatic heterocycles. The maximum absolute atomic E-state index is 12.4. The third-order valence-corrected chi connectivity index (χ3v) is 3.48. The summed E-state index contributed by atoms with van der Waals surface area (Å²) < 4.78 is 6.38. The number of amides is 1. The minimum Gasteiger partial charge on any atom is -0.378 e. The number of hydrogen-bond acceptors (Lipinski definition) is 4. The number of nitrogens with one attached hydrogen (secondary N) is 1. The number of fused-ring (bicyclic) bond motifs is 2. The van der Waals surface area contributed by atoms with Crippen LogP contribution in [0.4, 0.5) is 0 Å². The fraction of sp³-hybridized carbons (Fsp3) is 0.462. The van der Waals surface area contributed by atoms with E-state index in [1.165, 1.54) is 4.52 Å². The Bertz CT molecular complexity index is 744. The van der Waals surface area contributed by atoms with Crippen molar-refractivity contribution >= 4 is 11.6 Å². The lowest BCUT2D eigenvalue weighted by atomic mass is 10.2. The standard InChI is InChI=1S/C13H16N4O3/c1-7(2)16-5-9-11(13(16)19)14-10-4-8(6-20-3)15-17(10)12(9)18/h4,7,15H,5-6H2,1-3H3. The molecule has 7 nitrogen and oxygen atoms in total. The van der Waals surface area contributed by atoms with Crippen LogP contribution < -0.4 is 5.56 Å². The zero-order valence-corrected chi connectivity index (χ0v) is 11.6. The predicted molar refractivity (Wildman–Crippen MR) is 71.5 cm³/mol. The van der Waals surface area contributed by atoms with E-state index in [0.717, 1.165) is 5.69 Å². The van der Waals surface area contributed by atoms with E-state index in [1.807, 2.05) is 13.8 Å². The summed E-state index contributed by atoms with van der Waals surface area (Å²) in [5.74, 6) is -0.177. The van der Waals surface area contributed by atoms with E-state index in [4.69, 9.17) is 4.74 Å². The van der Waals surface area contributed by atoms with Crippen molar-refractivity contribution < 1.29 is 9.53 Å². The number of nitrogens with zero attached hydrogens (tertiary/aromatic N) is 3. The number of H-pyrrole nitrogens is 1. The topological polar surface area (TPSA) is 79.7 Å². The molecule has 106 valence electrons. The highest BCUT2D eigenvalue weighted by Gasteiger charge is 2.33. The Kier molecular flexibility index (Phi) is 2.86. The number of rotatable bonds is 3. The van der Waals surface area contributed by atoms with Crippen molar-refractivity contribution in [3.8, 4) is 0 Å². The summed E-state index contributed by atoms with van der Waals surface area (Å²) in [7, 11) is 1.58. The Morgan fingerprint density at radius 2 is 2.20 bits per heavy atom. The second kappa shape index (κ2) is 4.45. The van der Waals surface area contributed by atoms with Crippen LogP contribution in [0.1, 0.15) is 35.6 Å². The molecule has 0 spiro atoms. The van der Waals surface area contributed by atoms with E-state index < -0.39 is 0 Å². The number of aromatic amines is 1. The molecular formula is C13H16N4O3. The summed E-state index contributed by atoms with van der Waals surface area (Å²) in [4.78, 5) is 30.6. The summed E-state index contributed by atoms with van der Waals surface area (Å²) >= 11 is 0. The largest absolute Gasteiger partial charge is 0.378 e. The maximum atomic E-state index is 12.4. The van der Waals surface area contributed by atoms with Crippen molar-refractivity contribution in [3.05, 3.63) is 33.4 Å². The van der Waals surface area contributed by atoms with Gasteiger partial charge in [0.1, 0.15) is 5.69 Å². The van der Waals surface area contributed by atoms with E-state index in [0.29, 0.717) is 24.4 Å². The van der Waals surface area contributed by atoms with Crippen LogP contribution in [0.2, 0.25) is 0 Å². The zero-order valence-electron chi connectivity index (χ0n) is 11.6. The van der Waals surface area contributed by atoms with Crippen molar-refractivity contribution in [1.29, 1.82) is 0 Å². The Morgan fingerprint density at radius 1 is 1.45 bits per heavy atom. The average Bonchev–Trinajstić information content (AvgIpc) is 2.93. The van der Waals surface area contributed by atoms with Gasteiger partial charge in [0.2, 0.25) is 0 Å². The summed E-state index contributed by atoms with van der Waals surface area (Å²) in [5.41, 5.74) is 1.69. The van der Waals surface area contributed by atoms with Crippen LogP contribution in [0.25, 0.3) is 5.65 Å². The van der Waals surface area contributed by atoms with Gasteiger partial charge in [-0.3, -0.25) is 14.7 Å². The molecule has 1 amide bonds. The normalized spacial score (nSPS) is 14.6. The zero-order chi connectivity index (χ0) is 14.4. The molecular weight excluding hydrogens is 260 g/mol. The molecule has 0 unspecified atom stereocenters. The molecule has 3 heterocycles. The number of ether oxygens (including phenoxy) is 1. The molecule has 0 bridgehead atoms. The first kappa shape index (κ1) is 12.9. The molecule has 2 aromatic rings. The Morgan fingerprint density at radius 3 is 2.85 bits per heavy atom. The monoisotopic (exact) mass is 276 g/mol. The van der Waals surface area contributed by atoms with Gasteiger partial charge in [-0.15, -0.1) is 0 Å². The van der Waals surface area contributed by atoms with Crippen molar-refractivity contribution in [2.75, 3.05) is 7.11 Å². The molecule has 0 atom stereocenters. The lowest BCUT2D eigenvalue weighted by Gasteiger charge is -2.19. The Balaban J connectivity index is 2.16. The number of hydrogen-bond donors (Lipinski definition) is 1. The Labute approximate surface area is 115 Å². The smallest absolute Gasteiger partial charge is 0.278 e. The number of carbonyl (C=O) groups excluding carboxylic acids is 1. The molecule has 3 rings (SSSR count). The van der Waals surface area contributed by atoms with Crippen molar-refractivity contribution in [2.24, 2.45) is 0 Å². The van der Waals surface area contributed by atoms with Gasteiger partial charge >= 0.3 is 0 Å². The van der Waals surface area contributed by atoms with E-state index in [2.05, 4.69) is 10.1 Å². The molecule has 20 heavy (non-hydrogen) atoms. The molecule has 1 aliphatic rings. The van der Waals surface area contributed by atoms with Crippen molar-refractivity contribution in [2.45, 2.75) is 33.0 Å². The molecule has 0 radical (unpaired) electrons. The van der Waals surface area contributed by atoms with Gasteiger partial charge in [0.25, 0.3) is 11.5 Å². The van der Waals surface area contributed by atoms with Gasteiger partial charge in [-0.25, -0.2) is 9.50 Å². The van der Waals surface area contributed by atoms with Gasteiger partial charge in [0.05, 0.1) is 24.4 Å². The second-order valence-corrected chi connectivity index (χ2v) is 5.18. The van der Waals surface area contributed by atoms with E-state index >= 15 is 0 Å². The summed E-state index contributed by atoms with van der Waals surface area (Å²) in [6.07, 6.45) is 0. The predicted octanol–water partition coefficient (Wildman–Crippen LogP) is 0.533. The lowest BCUT2D eigenvalue weighted by molar-refractivity contribution is 0.0726. The third-order valence-electron chi connectivity index (χ3n) is 3.48. The lowest BCUT2D eigenvalue weighted by Crippen LogP contribution is -2.31. The van der Waals surface area contributed by atoms with Crippen LogP contribution in [-0.2, 0) is 17.9 Å². The molecule has 0 fully saturated rings. The maximum Gasteiger partial charge on any atom is 0.278 e. The SMILES string of the molecule is COCc1cc2nc3c(c(=O)n2[nH]1)CN(C(C)C)C3=O. The van der Waals surface area contributed by atoms with Crippen LogP contribution in [0.5, 0.6) is 0 Å². The van der Waals surface area contributed by atoms with Gasteiger partial charge in [-0.05, 0) is 13.8 Å². The van der Waals surface area contributed by atoms with Crippen LogP contribution in [0.15, 0.2) is 10.9 Å². The van der Waals surface area contributed by atoms with Gasteiger partial charge in [0, 0.05) is 19.2 Å². The van der Waals surface area contributed by atoms with Gasteiger partial charge in [-0.1, -0.05) is 0 Å². The van der Waals surface area contributed by atoms with Crippen molar-refractivity contribution in [3.63, 3.8) is 0 Å². The minimum absolute atomic E-state index is 0.0449. The van der Waals surface area contributed by atoms with E-state index in [9.17, 15) is 9.59 Å². The quantitative estimate of drug-likeness (QED) is 0.887. The first-order valence-electron chi connectivity index (χ1n) is 6.46. The number of methoxy groups -OCH3 is 1. The van der Waals surface area contributed by atoms with E-state index in [-0.39, 0.29) is 23.2 Å². The van der Waals surface area contributed by atoms with Gasteiger partial charge < -0.3 is 9.64 Å². The van der Waals surface area contributed by atoms with Crippen LogP contribution >= 0.6 is 0 Å². The highest BCUT2D eigenvalue weighted by molar-refractivity contribution is 5.96. The van der Waals surface area contributed by atoms with Crippen LogP contribution in [-0.4, -0.2) is 38.6 Å². The molecule has 1 aliphatic heterocycles.